The van der Waals surface area contributed by atoms with Crippen molar-refractivity contribution in [2.45, 2.75) is 12.5 Å². The summed E-state index contributed by atoms with van der Waals surface area (Å²) >= 11 is 0. The van der Waals surface area contributed by atoms with Crippen LogP contribution in [0.15, 0.2) is 116 Å². The number of methoxy groups -OCH3 is 1. The number of para-hydroxylation sites is 1. The van der Waals surface area contributed by atoms with Crippen LogP contribution in [0.2, 0.25) is 0 Å². The first kappa shape index (κ1) is 23.4. The third-order valence-corrected chi connectivity index (χ3v) is 6.88. The molecule has 6 heteroatoms. The Morgan fingerprint density at radius 1 is 0.737 bits per heavy atom. The fourth-order valence-corrected chi connectivity index (χ4v) is 5.21. The minimum absolute atomic E-state index is 0.0561. The molecule has 4 aromatic carbocycles. The van der Waals surface area contributed by atoms with E-state index in [1.54, 1.807) is 13.2 Å². The minimum Gasteiger partial charge on any atom is -0.497 e. The van der Waals surface area contributed by atoms with Crippen molar-refractivity contribution in [1.82, 2.24) is 9.97 Å². The van der Waals surface area contributed by atoms with E-state index in [4.69, 9.17) is 9.47 Å². The lowest BCUT2D eigenvalue weighted by Crippen LogP contribution is -2.46. The zero-order valence-electron chi connectivity index (χ0n) is 21.0. The van der Waals surface area contributed by atoms with Crippen LogP contribution in [0.1, 0.15) is 32.7 Å². The highest BCUT2D eigenvalue weighted by molar-refractivity contribution is 6.13. The average molecular weight is 500 g/mol. The molecule has 1 aliphatic rings. The van der Waals surface area contributed by atoms with E-state index in [2.05, 4.69) is 9.97 Å². The largest absolute Gasteiger partial charge is 0.497 e. The Hall–Kier alpha value is -4.97. The molecule has 1 aromatic heterocycles. The molecule has 6 rings (SSSR count). The molecule has 1 aliphatic heterocycles. The van der Waals surface area contributed by atoms with Gasteiger partial charge in [-0.2, -0.15) is 0 Å². The lowest BCUT2D eigenvalue weighted by Gasteiger charge is -2.40. The van der Waals surface area contributed by atoms with E-state index >= 15 is 0 Å². The molecule has 0 aliphatic carbocycles. The van der Waals surface area contributed by atoms with Gasteiger partial charge in [-0.05, 0) is 66.1 Å². The predicted octanol–water partition coefficient (Wildman–Crippen LogP) is 6.54. The summed E-state index contributed by atoms with van der Waals surface area (Å²) in [5.74, 6) is 1.80. The molecule has 0 bridgehead atoms. The van der Waals surface area contributed by atoms with Gasteiger partial charge in [0.25, 0.3) is 5.91 Å². The quantitative estimate of drug-likeness (QED) is 0.265. The number of fused-ring (bicyclic) bond motifs is 1. The number of carbonyl (C=O) groups excluding carboxylic acids is 1. The third kappa shape index (κ3) is 3.78. The molecular weight excluding hydrogens is 474 g/mol. The lowest BCUT2D eigenvalue weighted by atomic mass is 9.76. The first-order chi connectivity index (χ1) is 18.6. The molecule has 0 radical (unpaired) electrons. The van der Waals surface area contributed by atoms with E-state index in [1.165, 1.54) is 6.33 Å². The lowest BCUT2D eigenvalue weighted by molar-refractivity contribution is 0.0986. The molecule has 38 heavy (non-hydrogen) atoms. The van der Waals surface area contributed by atoms with E-state index in [0.717, 1.165) is 33.8 Å². The summed E-state index contributed by atoms with van der Waals surface area (Å²) in [7, 11) is 1.65. The van der Waals surface area contributed by atoms with E-state index in [1.807, 2.05) is 115 Å². The number of hydrogen-bond donors (Lipinski definition) is 0. The number of rotatable bonds is 6. The van der Waals surface area contributed by atoms with Gasteiger partial charge in [-0.25, -0.2) is 9.97 Å². The van der Waals surface area contributed by atoms with Gasteiger partial charge in [0.05, 0.1) is 7.11 Å². The maximum Gasteiger partial charge on any atom is 0.260 e. The van der Waals surface area contributed by atoms with Crippen LogP contribution < -0.4 is 14.4 Å². The van der Waals surface area contributed by atoms with E-state index in [-0.39, 0.29) is 5.91 Å². The molecule has 2 heterocycles. The van der Waals surface area contributed by atoms with Gasteiger partial charge in [-0.15, -0.1) is 0 Å². The van der Waals surface area contributed by atoms with Crippen molar-refractivity contribution in [2.75, 3.05) is 12.0 Å². The van der Waals surface area contributed by atoms with Gasteiger partial charge in [0.2, 0.25) is 5.88 Å². The van der Waals surface area contributed by atoms with Crippen molar-refractivity contribution >= 4 is 11.6 Å². The van der Waals surface area contributed by atoms with Crippen molar-refractivity contribution < 1.29 is 14.3 Å². The van der Waals surface area contributed by atoms with Crippen LogP contribution in [-0.4, -0.2) is 23.0 Å². The van der Waals surface area contributed by atoms with Crippen molar-refractivity contribution in [3.8, 4) is 17.4 Å². The number of nitrogens with zero attached hydrogens (tertiary/aromatic N) is 3. The van der Waals surface area contributed by atoms with Crippen molar-refractivity contribution in [1.29, 1.82) is 0 Å². The SMILES string of the molecule is COc1ccc(C2(c3ccc(Oc4cc(C)ncn4)cc3)c3ccccc3C(=O)N2c2ccccc2)cc1. The molecule has 0 saturated heterocycles. The van der Waals surface area contributed by atoms with Gasteiger partial charge in [-0.3, -0.25) is 9.69 Å². The highest BCUT2D eigenvalue weighted by atomic mass is 16.5. The second kappa shape index (κ2) is 9.48. The Balaban J connectivity index is 1.56. The maximum absolute atomic E-state index is 14.1. The zero-order chi connectivity index (χ0) is 26.1. The number of amides is 1. The molecule has 0 fully saturated rings. The maximum atomic E-state index is 14.1. The Morgan fingerprint density at radius 3 is 2.03 bits per heavy atom. The Morgan fingerprint density at radius 2 is 1.37 bits per heavy atom. The number of benzene rings is 4. The molecule has 1 unspecified atom stereocenters. The molecule has 1 atom stereocenters. The summed E-state index contributed by atoms with van der Waals surface area (Å²) in [5.41, 5.74) is 4.18. The summed E-state index contributed by atoms with van der Waals surface area (Å²) < 4.78 is 11.4. The van der Waals surface area contributed by atoms with Gasteiger partial charge in [0.15, 0.2) is 0 Å². The fourth-order valence-electron chi connectivity index (χ4n) is 5.21. The standard InChI is InChI=1S/C32H25N3O3/c1-22-20-30(34-21-33-22)38-27-18-14-24(15-19-27)32(23-12-16-26(37-2)17-13-23)29-11-7-6-10-28(29)31(36)35(32)25-8-4-3-5-9-25/h3-21H,1-2H3. The molecule has 186 valence electrons. The molecule has 0 N–H and O–H groups in total. The van der Waals surface area contributed by atoms with Crippen LogP contribution in [0.5, 0.6) is 17.4 Å². The highest BCUT2D eigenvalue weighted by Gasteiger charge is 2.52. The van der Waals surface area contributed by atoms with E-state index < -0.39 is 5.54 Å². The molecular formula is C32H25N3O3. The normalized spacial score (nSPS) is 16.3. The number of carbonyl (C=O) groups is 1. The van der Waals surface area contributed by atoms with Crippen molar-refractivity contribution in [3.05, 3.63) is 143 Å². The van der Waals surface area contributed by atoms with Gasteiger partial charge in [-0.1, -0.05) is 60.7 Å². The smallest absolute Gasteiger partial charge is 0.260 e. The monoisotopic (exact) mass is 499 g/mol. The predicted molar refractivity (Wildman–Crippen MR) is 146 cm³/mol. The summed E-state index contributed by atoms with van der Waals surface area (Å²) in [4.78, 5) is 24.3. The topological polar surface area (TPSA) is 64.5 Å². The number of ether oxygens (including phenoxy) is 2. The first-order valence-electron chi connectivity index (χ1n) is 12.3. The fraction of sp³-hybridized carbons (Fsp3) is 0.0938. The van der Waals surface area contributed by atoms with E-state index in [0.29, 0.717) is 17.2 Å². The second-order valence-corrected chi connectivity index (χ2v) is 9.08. The van der Waals surface area contributed by atoms with Crippen LogP contribution in [0, 0.1) is 6.92 Å². The number of aryl methyl sites for hydroxylation is 1. The van der Waals surface area contributed by atoms with Crippen molar-refractivity contribution in [2.24, 2.45) is 0 Å². The van der Waals surface area contributed by atoms with Crippen LogP contribution in [0.3, 0.4) is 0 Å². The Labute approximate surface area is 221 Å². The molecule has 6 nitrogen and oxygen atoms in total. The van der Waals surface area contributed by atoms with Gasteiger partial charge >= 0.3 is 0 Å². The van der Waals surface area contributed by atoms with Gasteiger partial charge in [0.1, 0.15) is 23.4 Å². The highest BCUT2D eigenvalue weighted by Crippen LogP contribution is 2.51. The van der Waals surface area contributed by atoms with Gasteiger partial charge < -0.3 is 9.47 Å². The summed E-state index contributed by atoms with van der Waals surface area (Å²) in [5, 5.41) is 0. The molecule has 0 saturated carbocycles. The van der Waals surface area contributed by atoms with Crippen molar-refractivity contribution in [3.63, 3.8) is 0 Å². The number of hydrogen-bond acceptors (Lipinski definition) is 5. The molecule has 1 amide bonds. The molecule has 0 spiro atoms. The Bertz CT molecular complexity index is 1600. The summed E-state index contributed by atoms with van der Waals surface area (Å²) in [6, 6.07) is 35.2. The number of aromatic nitrogens is 2. The van der Waals surface area contributed by atoms with E-state index in [9.17, 15) is 4.79 Å². The minimum atomic E-state index is -0.911. The van der Waals surface area contributed by atoms with Crippen LogP contribution in [0.4, 0.5) is 5.69 Å². The third-order valence-electron chi connectivity index (χ3n) is 6.88. The average Bonchev–Trinajstić information content (AvgIpc) is 3.23. The first-order valence-corrected chi connectivity index (χ1v) is 12.3. The molecule has 5 aromatic rings. The Kier molecular flexibility index (Phi) is 5.85. The van der Waals surface area contributed by atoms with Crippen LogP contribution >= 0.6 is 0 Å². The number of anilines is 1. The summed E-state index contributed by atoms with van der Waals surface area (Å²) in [6.07, 6.45) is 1.48. The van der Waals surface area contributed by atoms with Gasteiger partial charge in [0, 0.05) is 23.0 Å². The van der Waals surface area contributed by atoms with Crippen LogP contribution in [-0.2, 0) is 5.54 Å². The zero-order valence-corrected chi connectivity index (χ0v) is 21.0. The summed E-state index contributed by atoms with van der Waals surface area (Å²) in [6.45, 7) is 1.89. The van der Waals surface area contributed by atoms with Crippen LogP contribution in [0.25, 0.3) is 0 Å². The second-order valence-electron chi connectivity index (χ2n) is 9.08.